The lowest BCUT2D eigenvalue weighted by Crippen LogP contribution is -2.26. The van der Waals surface area contributed by atoms with E-state index in [1.165, 1.54) is 11.1 Å². The first-order chi connectivity index (χ1) is 16.8. The van der Waals surface area contributed by atoms with Gasteiger partial charge in [0.1, 0.15) is 5.75 Å². The molecule has 0 spiro atoms. The van der Waals surface area contributed by atoms with Gasteiger partial charge in [-0.05, 0) is 67.4 Å². The van der Waals surface area contributed by atoms with Crippen LogP contribution in [-0.2, 0) is 11.3 Å². The summed E-state index contributed by atoms with van der Waals surface area (Å²) < 4.78 is 7.13. The van der Waals surface area contributed by atoms with Crippen molar-refractivity contribution in [3.8, 4) is 22.7 Å². The lowest BCUT2D eigenvalue weighted by Gasteiger charge is -2.17. The number of primary amides is 1. The molecule has 35 heavy (non-hydrogen) atoms. The third-order valence-electron chi connectivity index (χ3n) is 5.83. The highest BCUT2D eigenvalue weighted by Gasteiger charge is 2.18. The van der Waals surface area contributed by atoms with Crippen LogP contribution in [0.1, 0.15) is 27.0 Å². The first-order valence-corrected chi connectivity index (χ1v) is 11.3. The Bertz CT molecular complexity index is 1340. The molecule has 3 aromatic carbocycles. The molecule has 0 fully saturated rings. The summed E-state index contributed by atoms with van der Waals surface area (Å²) in [5.74, 6) is -0.213. The number of hydrogen-bond donors (Lipinski definition) is 1. The molecule has 4 aromatic rings. The van der Waals surface area contributed by atoms with Crippen LogP contribution >= 0.6 is 0 Å². The van der Waals surface area contributed by atoms with Gasteiger partial charge in [-0.15, -0.1) is 0 Å². The van der Waals surface area contributed by atoms with Crippen molar-refractivity contribution in [1.82, 2.24) is 14.7 Å². The molecule has 7 heteroatoms. The van der Waals surface area contributed by atoms with E-state index < -0.39 is 5.91 Å². The summed E-state index contributed by atoms with van der Waals surface area (Å²) >= 11 is 0. The minimum Gasteiger partial charge on any atom is -0.484 e. The summed E-state index contributed by atoms with van der Waals surface area (Å²) in [6, 6.07) is 22.8. The van der Waals surface area contributed by atoms with Crippen LogP contribution in [0.15, 0.2) is 79.0 Å². The number of para-hydroxylation sites is 1. The van der Waals surface area contributed by atoms with E-state index >= 15 is 0 Å². The zero-order valence-electron chi connectivity index (χ0n) is 20.1. The first-order valence-electron chi connectivity index (χ1n) is 11.3. The number of hydrogen-bond acceptors (Lipinski definition) is 4. The quantitative estimate of drug-likeness (QED) is 0.418. The van der Waals surface area contributed by atoms with Crippen molar-refractivity contribution < 1.29 is 14.3 Å². The van der Waals surface area contributed by atoms with Gasteiger partial charge in [0, 0.05) is 36.5 Å². The number of benzene rings is 3. The maximum absolute atomic E-state index is 13.1. The molecule has 0 aliphatic rings. The van der Waals surface area contributed by atoms with Crippen LogP contribution < -0.4 is 10.5 Å². The fourth-order valence-corrected chi connectivity index (χ4v) is 3.77. The number of rotatable bonds is 8. The van der Waals surface area contributed by atoms with Crippen LogP contribution in [0, 0.1) is 13.8 Å². The smallest absolute Gasteiger partial charge is 0.255 e. The van der Waals surface area contributed by atoms with Crippen molar-refractivity contribution in [3.05, 3.63) is 101 Å². The van der Waals surface area contributed by atoms with Gasteiger partial charge in [-0.2, -0.15) is 5.10 Å². The summed E-state index contributed by atoms with van der Waals surface area (Å²) in [6.45, 7) is 4.34. The Hall–Kier alpha value is -4.39. The zero-order valence-corrected chi connectivity index (χ0v) is 20.1. The molecule has 1 heterocycles. The monoisotopic (exact) mass is 468 g/mol. The maximum Gasteiger partial charge on any atom is 0.255 e. The zero-order chi connectivity index (χ0) is 24.9. The summed E-state index contributed by atoms with van der Waals surface area (Å²) in [7, 11) is 1.77. The highest BCUT2D eigenvalue weighted by Crippen LogP contribution is 2.27. The normalized spacial score (nSPS) is 10.7. The molecule has 0 atom stereocenters. The Kier molecular flexibility index (Phi) is 6.96. The number of aromatic nitrogens is 2. The molecular formula is C28H28N4O3. The average molecular weight is 469 g/mol. The third-order valence-corrected chi connectivity index (χ3v) is 5.83. The summed E-state index contributed by atoms with van der Waals surface area (Å²) in [6.07, 6.45) is 1.98. The molecule has 0 saturated carbocycles. The van der Waals surface area contributed by atoms with Crippen molar-refractivity contribution in [2.75, 3.05) is 13.7 Å². The predicted octanol–water partition coefficient (Wildman–Crippen LogP) is 4.29. The molecule has 0 bridgehead atoms. The van der Waals surface area contributed by atoms with Crippen molar-refractivity contribution >= 4 is 11.8 Å². The van der Waals surface area contributed by atoms with Crippen LogP contribution in [0.4, 0.5) is 0 Å². The van der Waals surface area contributed by atoms with E-state index in [9.17, 15) is 9.59 Å². The second kappa shape index (κ2) is 10.3. The number of aryl methyl sites for hydroxylation is 2. The van der Waals surface area contributed by atoms with Gasteiger partial charge >= 0.3 is 0 Å². The summed E-state index contributed by atoms with van der Waals surface area (Å²) in [5.41, 5.74) is 11.8. The van der Waals surface area contributed by atoms with Gasteiger partial charge in [0.15, 0.2) is 6.61 Å². The second-order valence-corrected chi connectivity index (χ2v) is 8.52. The SMILES string of the molecule is Cc1ccc(-c2nn(-c3ccccc3)cc2CN(C)C(=O)c2ccc(OCC(N)=O)cc2)cc1C. The number of ether oxygens (including phenoxy) is 1. The fourth-order valence-electron chi connectivity index (χ4n) is 3.77. The maximum atomic E-state index is 13.1. The molecular weight excluding hydrogens is 440 g/mol. The van der Waals surface area contributed by atoms with E-state index in [0.29, 0.717) is 17.9 Å². The van der Waals surface area contributed by atoms with Gasteiger partial charge in [0.05, 0.1) is 11.4 Å². The molecule has 0 saturated heterocycles. The topological polar surface area (TPSA) is 90.4 Å². The second-order valence-electron chi connectivity index (χ2n) is 8.52. The molecule has 0 unspecified atom stereocenters. The number of amides is 2. The Balaban J connectivity index is 1.60. The van der Waals surface area contributed by atoms with E-state index in [0.717, 1.165) is 22.5 Å². The molecule has 1 aromatic heterocycles. The van der Waals surface area contributed by atoms with Crippen molar-refractivity contribution in [2.24, 2.45) is 5.73 Å². The average Bonchev–Trinajstić information content (AvgIpc) is 3.28. The van der Waals surface area contributed by atoms with Gasteiger partial charge in [0.25, 0.3) is 11.8 Å². The van der Waals surface area contributed by atoms with Gasteiger partial charge in [-0.3, -0.25) is 9.59 Å². The largest absolute Gasteiger partial charge is 0.484 e. The Morgan fingerprint density at radius 3 is 2.34 bits per heavy atom. The van der Waals surface area contributed by atoms with Crippen LogP contribution in [0.3, 0.4) is 0 Å². The van der Waals surface area contributed by atoms with E-state index in [1.807, 2.05) is 41.2 Å². The molecule has 0 aliphatic heterocycles. The van der Waals surface area contributed by atoms with E-state index in [2.05, 4.69) is 32.0 Å². The number of nitrogens with zero attached hydrogens (tertiary/aromatic N) is 3. The van der Waals surface area contributed by atoms with Crippen LogP contribution in [0.5, 0.6) is 5.75 Å². The van der Waals surface area contributed by atoms with Crippen LogP contribution in [0.25, 0.3) is 16.9 Å². The Morgan fingerprint density at radius 1 is 0.971 bits per heavy atom. The molecule has 0 radical (unpaired) electrons. The van der Waals surface area contributed by atoms with Crippen LogP contribution in [-0.4, -0.2) is 40.1 Å². The van der Waals surface area contributed by atoms with Crippen molar-refractivity contribution in [1.29, 1.82) is 0 Å². The predicted molar refractivity (Wildman–Crippen MR) is 135 cm³/mol. The minimum atomic E-state index is -0.555. The molecule has 7 nitrogen and oxygen atoms in total. The lowest BCUT2D eigenvalue weighted by molar-refractivity contribution is -0.119. The third kappa shape index (κ3) is 5.58. The van der Waals surface area contributed by atoms with Gasteiger partial charge in [-0.1, -0.05) is 30.3 Å². The van der Waals surface area contributed by atoms with E-state index in [4.69, 9.17) is 15.6 Å². The molecule has 4 rings (SSSR count). The van der Waals surface area contributed by atoms with E-state index in [1.54, 1.807) is 36.2 Å². The summed E-state index contributed by atoms with van der Waals surface area (Å²) in [4.78, 5) is 25.7. The molecule has 2 N–H and O–H groups in total. The van der Waals surface area contributed by atoms with Gasteiger partial charge in [0.2, 0.25) is 0 Å². The first kappa shape index (κ1) is 23.8. The molecule has 2 amide bonds. The van der Waals surface area contributed by atoms with Gasteiger partial charge < -0.3 is 15.4 Å². The Morgan fingerprint density at radius 2 is 1.69 bits per heavy atom. The minimum absolute atomic E-state index is 0.134. The van der Waals surface area contributed by atoms with E-state index in [-0.39, 0.29) is 12.5 Å². The standard InChI is InChI=1S/C28H28N4O3/c1-19-9-10-22(15-20(19)2)27-23(17-32(30-27)24-7-5-4-6-8-24)16-31(3)28(34)21-11-13-25(14-12-21)35-18-26(29)33/h4-15,17H,16,18H2,1-3H3,(H2,29,33). The highest BCUT2D eigenvalue weighted by molar-refractivity contribution is 5.94. The van der Waals surface area contributed by atoms with Crippen molar-refractivity contribution in [2.45, 2.75) is 20.4 Å². The van der Waals surface area contributed by atoms with Crippen LogP contribution in [0.2, 0.25) is 0 Å². The van der Waals surface area contributed by atoms with Crippen molar-refractivity contribution in [3.63, 3.8) is 0 Å². The molecule has 178 valence electrons. The molecule has 0 aliphatic carbocycles. The van der Waals surface area contributed by atoms with Gasteiger partial charge in [-0.25, -0.2) is 4.68 Å². The number of carbonyl (C=O) groups is 2. The lowest BCUT2D eigenvalue weighted by atomic mass is 10.0. The Labute approximate surface area is 204 Å². The fraction of sp³-hybridized carbons (Fsp3) is 0.179. The number of nitrogens with two attached hydrogens (primary N) is 1. The number of carbonyl (C=O) groups excluding carboxylic acids is 2. The highest BCUT2D eigenvalue weighted by atomic mass is 16.5. The summed E-state index contributed by atoms with van der Waals surface area (Å²) in [5, 5.41) is 4.88.